The van der Waals surface area contributed by atoms with Crippen LogP contribution >= 0.6 is 0 Å². The SMILES string of the molecule is CCNC(CC)C(C)S(=O)(=O)c1ccc(C(C)C)cc1. The molecule has 0 aliphatic rings. The molecular formula is C16H27NO2S. The van der Waals surface area contributed by atoms with Gasteiger partial charge in [-0.05, 0) is 43.5 Å². The van der Waals surface area contributed by atoms with Gasteiger partial charge in [0.25, 0.3) is 0 Å². The first-order valence-electron chi connectivity index (χ1n) is 7.41. The number of sulfone groups is 1. The zero-order valence-corrected chi connectivity index (χ0v) is 14.0. The van der Waals surface area contributed by atoms with Gasteiger partial charge in [-0.3, -0.25) is 0 Å². The lowest BCUT2D eigenvalue weighted by Crippen LogP contribution is -2.42. The van der Waals surface area contributed by atoms with E-state index < -0.39 is 15.1 Å². The van der Waals surface area contributed by atoms with E-state index in [-0.39, 0.29) is 6.04 Å². The molecule has 0 spiro atoms. The highest BCUT2D eigenvalue weighted by Crippen LogP contribution is 2.22. The van der Waals surface area contributed by atoms with Gasteiger partial charge in [-0.2, -0.15) is 0 Å². The highest BCUT2D eigenvalue weighted by atomic mass is 32.2. The van der Waals surface area contributed by atoms with Gasteiger partial charge in [-0.15, -0.1) is 0 Å². The summed E-state index contributed by atoms with van der Waals surface area (Å²) in [7, 11) is -3.28. The molecule has 0 aliphatic heterocycles. The van der Waals surface area contributed by atoms with Crippen molar-refractivity contribution >= 4 is 9.84 Å². The Morgan fingerprint density at radius 2 is 1.60 bits per heavy atom. The van der Waals surface area contributed by atoms with Crippen molar-refractivity contribution in [1.82, 2.24) is 5.32 Å². The minimum Gasteiger partial charge on any atom is -0.313 e. The predicted octanol–water partition coefficient (Wildman–Crippen LogP) is 3.36. The second kappa shape index (κ2) is 7.23. The second-order valence-corrected chi connectivity index (χ2v) is 7.85. The van der Waals surface area contributed by atoms with E-state index in [1.165, 1.54) is 0 Å². The Bertz CT molecular complexity index is 506. The minimum atomic E-state index is -3.28. The number of nitrogens with one attached hydrogen (secondary N) is 1. The fraction of sp³-hybridized carbons (Fsp3) is 0.625. The molecule has 20 heavy (non-hydrogen) atoms. The van der Waals surface area contributed by atoms with Crippen molar-refractivity contribution in [3.8, 4) is 0 Å². The highest BCUT2D eigenvalue weighted by molar-refractivity contribution is 7.92. The van der Waals surface area contributed by atoms with Crippen LogP contribution in [0.15, 0.2) is 29.2 Å². The number of rotatable bonds is 7. The number of hydrogen-bond donors (Lipinski definition) is 1. The highest BCUT2D eigenvalue weighted by Gasteiger charge is 2.29. The van der Waals surface area contributed by atoms with Crippen molar-refractivity contribution in [2.45, 2.75) is 63.1 Å². The van der Waals surface area contributed by atoms with Gasteiger partial charge in [-0.1, -0.05) is 39.8 Å². The van der Waals surface area contributed by atoms with E-state index in [0.29, 0.717) is 10.8 Å². The van der Waals surface area contributed by atoms with E-state index in [2.05, 4.69) is 19.2 Å². The second-order valence-electron chi connectivity index (χ2n) is 5.55. The molecule has 114 valence electrons. The van der Waals surface area contributed by atoms with Crippen LogP contribution in [-0.2, 0) is 9.84 Å². The van der Waals surface area contributed by atoms with E-state index in [0.717, 1.165) is 18.5 Å². The summed E-state index contributed by atoms with van der Waals surface area (Å²) in [6.07, 6.45) is 0.804. The van der Waals surface area contributed by atoms with Gasteiger partial charge >= 0.3 is 0 Å². The van der Waals surface area contributed by atoms with Crippen LogP contribution in [0.25, 0.3) is 0 Å². The van der Waals surface area contributed by atoms with E-state index in [1.54, 1.807) is 19.1 Å². The molecule has 1 N–H and O–H groups in total. The fourth-order valence-corrected chi connectivity index (χ4v) is 4.04. The summed E-state index contributed by atoms with van der Waals surface area (Å²) in [6, 6.07) is 7.30. The summed E-state index contributed by atoms with van der Waals surface area (Å²) >= 11 is 0. The molecule has 4 heteroatoms. The molecule has 0 fully saturated rings. The lowest BCUT2D eigenvalue weighted by Gasteiger charge is -2.23. The molecule has 1 aromatic carbocycles. The average molecular weight is 297 g/mol. The molecule has 0 heterocycles. The van der Waals surface area contributed by atoms with Gasteiger partial charge in [0.15, 0.2) is 9.84 Å². The normalized spacial score (nSPS) is 15.3. The number of benzene rings is 1. The lowest BCUT2D eigenvalue weighted by atomic mass is 10.0. The van der Waals surface area contributed by atoms with Gasteiger partial charge in [0.2, 0.25) is 0 Å². The summed E-state index contributed by atoms with van der Waals surface area (Å²) in [5, 5.41) is 2.84. The van der Waals surface area contributed by atoms with Crippen LogP contribution in [0.2, 0.25) is 0 Å². The first-order chi connectivity index (χ1) is 9.34. The van der Waals surface area contributed by atoms with Crippen molar-refractivity contribution in [1.29, 1.82) is 0 Å². The van der Waals surface area contributed by atoms with Crippen molar-refractivity contribution in [3.05, 3.63) is 29.8 Å². The van der Waals surface area contributed by atoms with Gasteiger partial charge in [-0.25, -0.2) is 8.42 Å². The molecule has 1 rings (SSSR count). The third-order valence-corrected chi connectivity index (χ3v) is 6.07. The van der Waals surface area contributed by atoms with Crippen LogP contribution in [0, 0.1) is 0 Å². The molecule has 3 nitrogen and oxygen atoms in total. The Morgan fingerprint density at radius 3 is 2.00 bits per heavy atom. The van der Waals surface area contributed by atoms with Crippen LogP contribution in [0.5, 0.6) is 0 Å². The maximum absolute atomic E-state index is 12.6. The van der Waals surface area contributed by atoms with Crippen LogP contribution < -0.4 is 5.32 Å². The Morgan fingerprint density at radius 1 is 1.05 bits per heavy atom. The van der Waals surface area contributed by atoms with Crippen LogP contribution in [0.3, 0.4) is 0 Å². The maximum atomic E-state index is 12.6. The van der Waals surface area contributed by atoms with E-state index in [1.807, 2.05) is 26.0 Å². The Kier molecular flexibility index (Phi) is 6.21. The summed E-state index contributed by atoms with van der Waals surface area (Å²) < 4.78 is 25.3. The third-order valence-electron chi connectivity index (χ3n) is 3.84. The molecule has 0 bridgehead atoms. The van der Waals surface area contributed by atoms with Crippen LogP contribution in [0.1, 0.15) is 52.5 Å². The van der Waals surface area contributed by atoms with Crippen molar-refractivity contribution < 1.29 is 8.42 Å². The van der Waals surface area contributed by atoms with Gasteiger partial charge in [0.1, 0.15) is 0 Å². The zero-order valence-electron chi connectivity index (χ0n) is 13.2. The molecule has 0 amide bonds. The lowest BCUT2D eigenvalue weighted by molar-refractivity contribution is 0.483. The van der Waals surface area contributed by atoms with E-state index in [4.69, 9.17) is 0 Å². The summed E-state index contributed by atoms with van der Waals surface area (Å²) in [4.78, 5) is 0.422. The molecule has 2 atom stereocenters. The largest absolute Gasteiger partial charge is 0.313 e. The van der Waals surface area contributed by atoms with E-state index in [9.17, 15) is 8.42 Å². The third kappa shape index (κ3) is 3.83. The topological polar surface area (TPSA) is 46.2 Å². The Balaban J connectivity index is 3.03. The maximum Gasteiger partial charge on any atom is 0.182 e. The molecule has 0 aliphatic carbocycles. The molecule has 0 saturated carbocycles. The molecular weight excluding hydrogens is 270 g/mol. The summed E-state index contributed by atoms with van der Waals surface area (Å²) in [5.74, 6) is 0.411. The Labute approximate surface area is 123 Å². The van der Waals surface area contributed by atoms with Gasteiger partial charge in [0.05, 0.1) is 10.1 Å². The standard InChI is InChI=1S/C16H27NO2S/c1-6-16(17-7-2)13(5)20(18,19)15-10-8-14(9-11-15)12(3)4/h8-13,16-17H,6-7H2,1-5H3. The first kappa shape index (κ1) is 17.2. The van der Waals surface area contributed by atoms with Gasteiger partial charge < -0.3 is 5.32 Å². The van der Waals surface area contributed by atoms with E-state index >= 15 is 0 Å². The van der Waals surface area contributed by atoms with Crippen molar-refractivity contribution in [3.63, 3.8) is 0 Å². The smallest absolute Gasteiger partial charge is 0.182 e. The molecule has 0 radical (unpaired) electrons. The molecule has 0 aromatic heterocycles. The quantitative estimate of drug-likeness (QED) is 0.839. The van der Waals surface area contributed by atoms with Gasteiger partial charge in [0, 0.05) is 6.04 Å². The molecule has 1 aromatic rings. The zero-order chi connectivity index (χ0) is 15.3. The number of hydrogen-bond acceptors (Lipinski definition) is 3. The average Bonchev–Trinajstić information content (AvgIpc) is 2.44. The predicted molar refractivity (Wildman–Crippen MR) is 84.9 cm³/mol. The fourth-order valence-electron chi connectivity index (χ4n) is 2.38. The summed E-state index contributed by atoms with van der Waals surface area (Å²) in [5.41, 5.74) is 1.16. The minimum absolute atomic E-state index is 0.00484. The molecule has 2 unspecified atom stereocenters. The molecule has 0 saturated heterocycles. The summed E-state index contributed by atoms with van der Waals surface area (Å²) in [6.45, 7) is 10.8. The Hall–Kier alpha value is -0.870. The first-order valence-corrected chi connectivity index (χ1v) is 8.96. The van der Waals surface area contributed by atoms with Crippen LogP contribution in [-0.4, -0.2) is 26.3 Å². The van der Waals surface area contributed by atoms with Crippen molar-refractivity contribution in [2.24, 2.45) is 0 Å². The van der Waals surface area contributed by atoms with Crippen molar-refractivity contribution in [2.75, 3.05) is 6.54 Å². The van der Waals surface area contributed by atoms with Crippen LogP contribution in [0.4, 0.5) is 0 Å². The monoisotopic (exact) mass is 297 g/mol.